The highest BCUT2D eigenvalue weighted by Crippen LogP contribution is 2.01. The standard InChI is InChI=1S/CH5P3/c1-3-4-2/h2,4H,1H3. The fraction of sp³-hybridized carbons (Fsp3) is 1.00. The molecule has 0 saturated carbocycles. The van der Waals surface area contributed by atoms with Crippen LogP contribution in [0.5, 0.6) is 0 Å². The predicted octanol–water partition coefficient (Wildman–Crippen LogP) is 2.21. The predicted molar refractivity (Wildman–Crippen MR) is 29.5 cm³/mol. The average molecular weight is 110 g/mol. The van der Waals surface area contributed by atoms with Gasteiger partial charge in [-0.1, -0.05) is 23.5 Å². The highest BCUT2D eigenvalue weighted by atomic mass is 32.0. The molecule has 0 N–H and O–H groups in total. The third kappa shape index (κ3) is 2.90. The molecule has 0 aromatic carbocycles. The van der Waals surface area contributed by atoms with Crippen molar-refractivity contribution in [3.63, 3.8) is 0 Å². The van der Waals surface area contributed by atoms with Crippen molar-refractivity contribution >= 4 is 23.5 Å². The maximum absolute atomic E-state index is 3.30. The topological polar surface area (TPSA) is 0 Å². The van der Waals surface area contributed by atoms with Gasteiger partial charge in [-0.3, -0.25) is 0 Å². The van der Waals surface area contributed by atoms with Crippen molar-refractivity contribution < 1.29 is 0 Å². The summed E-state index contributed by atoms with van der Waals surface area (Å²) < 4.78 is 0. The monoisotopic (exact) mass is 110 g/mol. The van der Waals surface area contributed by atoms with Gasteiger partial charge in [0, 0.05) is 0 Å². The van der Waals surface area contributed by atoms with Gasteiger partial charge < -0.3 is 0 Å². The molecule has 0 fully saturated rings. The van der Waals surface area contributed by atoms with Crippen molar-refractivity contribution in [3.8, 4) is 0 Å². The summed E-state index contributed by atoms with van der Waals surface area (Å²) in [6.07, 6.45) is 0. The molecule has 0 amide bonds. The lowest BCUT2D eigenvalue weighted by molar-refractivity contribution is 2.52. The molecule has 0 radical (unpaired) electrons. The molecule has 0 saturated heterocycles. The molecule has 0 aromatic rings. The van der Waals surface area contributed by atoms with Crippen LogP contribution >= 0.6 is 23.5 Å². The lowest BCUT2D eigenvalue weighted by Crippen LogP contribution is -0.904. The summed E-state index contributed by atoms with van der Waals surface area (Å²) in [5, 5.41) is 0. The third-order valence-corrected chi connectivity index (χ3v) is 3.02. The van der Waals surface area contributed by atoms with E-state index >= 15 is 0 Å². The lowest BCUT2D eigenvalue weighted by Gasteiger charge is -1.38. The second kappa shape index (κ2) is 3.90. The summed E-state index contributed by atoms with van der Waals surface area (Å²) in [7, 11) is 5.66. The molecule has 0 rings (SSSR count). The van der Waals surface area contributed by atoms with E-state index in [1.165, 1.54) is 7.87 Å². The average Bonchev–Trinajstić information content (AvgIpc) is 1.37. The van der Waals surface area contributed by atoms with E-state index in [-0.39, 0.29) is 0 Å². The minimum absolute atomic E-state index is 0.918. The maximum Gasteiger partial charge on any atom is -0.0185 e. The second-order valence-corrected chi connectivity index (χ2v) is 5.03. The van der Waals surface area contributed by atoms with E-state index in [9.17, 15) is 0 Å². The number of hydrogen-bond donors (Lipinski definition) is 0. The third-order valence-electron chi connectivity index (χ3n) is 0.112. The fourth-order valence-electron chi connectivity index (χ4n) is 0. The van der Waals surface area contributed by atoms with Crippen LogP contribution in [-0.4, -0.2) is 6.66 Å². The SMILES string of the molecule is CP=[PH]=P. The van der Waals surface area contributed by atoms with E-state index in [4.69, 9.17) is 0 Å². The normalized spacial score (nSPS) is 9.25. The Labute approximate surface area is 31.1 Å². The van der Waals surface area contributed by atoms with Crippen LogP contribution in [-0.2, 0) is 0 Å². The Morgan fingerprint density at radius 2 is 2.25 bits per heavy atom. The summed E-state index contributed by atoms with van der Waals surface area (Å²) in [5.74, 6) is 0. The molecule has 1 unspecified atom stereocenters. The highest BCUT2D eigenvalue weighted by Gasteiger charge is 1.24. The zero-order chi connectivity index (χ0) is 3.41. The van der Waals surface area contributed by atoms with Gasteiger partial charge in [-0.15, -0.1) is 0 Å². The first-order chi connectivity index (χ1) is 1.91. The lowest BCUT2D eigenvalue weighted by atomic mass is 12.0. The Bertz CT molecular complexity index is 41.2. The Balaban J connectivity index is 3.11. The van der Waals surface area contributed by atoms with Gasteiger partial charge in [0.2, 0.25) is 0 Å². The fourth-order valence-corrected chi connectivity index (χ4v) is 0. The van der Waals surface area contributed by atoms with Crippen molar-refractivity contribution in [3.05, 3.63) is 0 Å². The summed E-state index contributed by atoms with van der Waals surface area (Å²) in [6.45, 7) is 2.12. The highest BCUT2D eigenvalue weighted by molar-refractivity contribution is 7.97. The van der Waals surface area contributed by atoms with Crippen LogP contribution in [0.3, 0.4) is 0 Å². The van der Waals surface area contributed by atoms with E-state index in [0.29, 0.717) is 0 Å². The Morgan fingerprint density at radius 1 is 2.00 bits per heavy atom. The Kier molecular flexibility index (Phi) is 4.78. The van der Waals surface area contributed by atoms with E-state index in [2.05, 4.69) is 15.2 Å². The molecule has 0 aliphatic rings. The van der Waals surface area contributed by atoms with E-state index < -0.39 is 0 Å². The number of rotatable bonds is 0. The van der Waals surface area contributed by atoms with Crippen LogP contribution in [0.15, 0.2) is 0 Å². The summed E-state index contributed by atoms with van der Waals surface area (Å²) in [5.41, 5.74) is 0. The molecule has 24 valence electrons. The molecule has 0 aromatic heterocycles. The molecule has 0 nitrogen and oxygen atoms in total. The summed E-state index contributed by atoms with van der Waals surface area (Å²) in [4.78, 5) is 0. The van der Waals surface area contributed by atoms with Crippen molar-refractivity contribution in [1.82, 2.24) is 0 Å². The van der Waals surface area contributed by atoms with E-state index in [1.54, 1.807) is 0 Å². The Morgan fingerprint density at radius 3 is 2.25 bits per heavy atom. The second-order valence-electron chi connectivity index (χ2n) is 0.335. The molecule has 0 spiro atoms. The van der Waals surface area contributed by atoms with Gasteiger partial charge in [-0.2, -0.15) is 0 Å². The minimum Gasteiger partial charge on any atom is -0.0970 e. The van der Waals surface area contributed by atoms with Crippen LogP contribution in [0, 0.1) is 0 Å². The van der Waals surface area contributed by atoms with Gasteiger partial charge >= 0.3 is 0 Å². The zero-order valence-corrected chi connectivity index (χ0v) is 5.34. The molecular weight excluding hydrogens is 105 g/mol. The van der Waals surface area contributed by atoms with Crippen molar-refractivity contribution in [2.24, 2.45) is 0 Å². The van der Waals surface area contributed by atoms with Gasteiger partial charge in [0.15, 0.2) is 0 Å². The van der Waals surface area contributed by atoms with Crippen molar-refractivity contribution in [1.29, 1.82) is 0 Å². The van der Waals surface area contributed by atoms with Crippen molar-refractivity contribution in [2.45, 2.75) is 0 Å². The summed E-state index contributed by atoms with van der Waals surface area (Å²) in [6, 6.07) is 0. The van der Waals surface area contributed by atoms with Crippen LogP contribution < -0.4 is 0 Å². The maximum atomic E-state index is 3.30. The van der Waals surface area contributed by atoms with Gasteiger partial charge in [0.1, 0.15) is 0 Å². The minimum atomic E-state index is 0.918. The van der Waals surface area contributed by atoms with Gasteiger partial charge in [0.25, 0.3) is 0 Å². The first-order valence-corrected chi connectivity index (χ1v) is 5.60. The zero-order valence-electron chi connectivity index (χ0n) is 2.45. The number of hydrogen-bond acceptors (Lipinski definition) is 0. The quantitative estimate of drug-likeness (QED) is 0.419. The molecule has 1 atom stereocenters. The molecule has 0 bridgehead atoms. The van der Waals surface area contributed by atoms with E-state index in [1.807, 2.05) is 0 Å². The summed E-state index contributed by atoms with van der Waals surface area (Å²) >= 11 is 0. The van der Waals surface area contributed by atoms with E-state index in [0.717, 1.165) is 7.15 Å². The first kappa shape index (κ1) is 4.90. The van der Waals surface area contributed by atoms with Crippen LogP contribution in [0.2, 0.25) is 0 Å². The molecule has 3 heteroatoms. The van der Waals surface area contributed by atoms with Crippen LogP contribution in [0.1, 0.15) is 0 Å². The van der Waals surface area contributed by atoms with Crippen molar-refractivity contribution in [2.75, 3.05) is 6.66 Å². The molecule has 0 aliphatic heterocycles. The molecular formula is CH5P3. The van der Waals surface area contributed by atoms with Gasteiger partial charge in [-0.25, -0.2) is 0 Å². The van der Waals surface area contributed by atoms with Crippen LogP contribution in [0.25, 0.3) is 0 Å². The first-order valence-electron chi connectivity index (χ1n) is 0.921. The largest absolute Gasteiger partial charge is 0.0970 e. The van der Waals surface area contributed by atoms with Gasteiger partial charge in [-0.05, 0) is 6.66 Å². The molecule has 0 heterocycles. The smallest absolute Gasteiger partial charge is 0.0185 e. The van der Waals surface area contributed by atoms with Crippen LogP contribution in [0.4, 0.5) is 0 Å². The molecule has 0 aliphatic carbocycles. The van der Waals surface area contributed by atoms with Gasteiger partial charge in [0.05, 0.1) is 0 Å². The molecule has 4 heavy (non-hydrogen) atoms. The Hall–Kier alpha value is 0.900.